The van der Waals surface area contributed by atoms with Gasteiger partial charge in [0.2, 0.25) is 5.95 Å². The summed E-state index contributed by atoms with van der Waals surface area (Å²) < 4.78 is 0. The zero-order chi connectivity index (χ0) is 34.1. The largest absolute Gasteiger partial charge is 0.310 e. The van der Waals surface area contributed by atoms with Crippen LogP contribution in [0.4, 0.5) is 23.0 Å². The van der Waals surface area contributed by atoms with Crippen LogP contribution in [0.3, 0.4) is 0 Å². The lowest BCUT2D eigenvalue weighted by molar-refractivity contribution is 0.585. The van der Waals surface area contributed by atoms with Crippen LogP contribution in [0.1, 0.15) is 49.6 Å². The molecule has 6 aromatic rings. The van der Waals surface area contributed by atoms with Crippen LogP contribution in [0.15, 0.2) is 163 Å². The fourth-order valence-electron chi connectivity index (χ4n) is 8.57. The highest BCUT2D eigenvalue weighted by Gasteiger charge is 2.47. The quantitative estimate of drug-likeness (QED) is 0.188. The predicted octanol–water partition coefficient (Wildman–Crippen LogP) is 11.0. The van der Waals surface area contributed by atoms with Crippen LogP contribution in [-0.2, 0) is 5.41 Å². The molecule has 0 spiro atoms. The fourth-order valence-corrected chi connectivity index (χ4v) is 8.57. The molecule has 0 saturated heterocycles. The summed E-state index contributed by atoms with van der Waals surface area (Å²) in [5.41, 5.74) is 10.5. The van der Waals surface area contributed by atoms with Crippen molar-refractivity contribution in [2.75, 3.05) is 9.80 Å². The Balaban J connectivity index is 1.19. The van der Waals surface area contributed by atoms with Crippen LogP contribution in [0.25, 0.3) is 27.7 Å². The lowest BCUT2D eigenvalue weighted by Crippen LogP contribution is -2.41. The highest BCUT2D eigenvalue weighted by Crippen LogP contribution is 2.57. The first-order valence-corrected chi connectivity index (χ1v) is 17.9. The van der Waals surface area contributed by atoms with E-state index < -0.39 is 0 Å². The Hall–Kier alpha value is -6.07. The number of anilines is 4. The van der Waals surface area contributed by atoms with E-state index in [0.717, 1.165) is 29.7 Å². The third kappa shape index (κ3) is 4.65. The minimum Gasteiger partial charge on any atom is -0.310 e. The van der Waals surface area contributed by atoms with Crippen molar-refractivity contribution >= 4 is 39.4 Å². The van der Waals surface area contributed by atoms with Gasteiger partial charge in [0, 0.05) is 39.2 Å². The maximum Gasteiger partial charge on any atom is 0.234 e. The molecule has 1 aromatic heterocycles. The molecule has 2 atom stereocenters. The molecule has 5 nitrogen and oxygen atoms in total. The molecule has 0 amide bonds. The van der Waals surface area contributed by atoms with E-state index in [2.05, 4.69) is 157 Å². The molecule has 2 aliphatic heterocycles. The van der Waals surface area contributed by atoms with E-state index >= 15 is 0 Å². The summed E-state index contributed by atoms with van der Waals surface area (Å²) in [4.78, 5) is 20.4. The van der Waals surface area contributed by atoms with Gasteiger partial charge in [-0.15, -0.1) is 0 Å². The van der Waals surface area contributed by atoms with Crippen molar-refractivity contribution in [3.05, 3.63) is 180 Å². The van der Waals surface area contributed by atoms with Crippen LogP contribution in [0, 0.1) is 0 Å². The Morgan fingerprint density at radius 2 is 1.37 bits per heavy atom. The third-order valence-corrected chi connectivity index (χ3v) is 11.0. The molecule has 0 fully saturated rings. The van der Waals surface area contributed by atoms with E-state index in [0.29, 0.717) is 17.6 Å². The van der Waals surface area contributed by atoms with E-state index in [1.165, 1.54) is 44.5 Å². The zero-order valence-electron chi connectivity index (χ0n) is 28.7. The van der Waals surface area contributed by atoms with Gasteiger partial charge in [0.25, 0.3) is 0 Å². The Labute approximate surface area is 298 Å². The Morgan fingerprint density at radius 1 is 0.647 bits per heavy atom. The second kappa shape index (κ2) is 11.5. The summed E-state index contributed by atoms with van der Waals surface area (Å²) in [6, 6.07) is 43.3. The number of hydrogen-bond acceptors (Lipinski definition) is 5. The molecule has 0 radical (unpaired) electrons. The smallest absolute Gasteiger partial charge is 0.234 e. The zero-order valence-corrected chi connectivity index (χ0v) is 28.7. The molecule has 246 valence electrons. The van der Waals surface area contributed by atoms with Crippen LogP contribution in [0.2, 0.25) is 0 Å². The van der Waals surface area contributed by atoms with Crippen molar-refractivity contribution in [1.82, 2.24) is 15.0 Å². The van der Waals surface area contributed by atoms with Gasteiger partial charge in [-0.05, 0) is 53.1 Å². The first kappa shape index (κ1) is 29.8. The normalized spacial score (nSPS) is 19.8. The fraction of sp³-hybridized carbons (Fsp3) is 0.152. The number of hydrogen-bond donors (Lipinski definition) is 0. The molecule has 5 aromatic carbocycles. The second-order valence-corrected chi connectivity index (χ2v) is 14.3. The number of benzene rings is 5. The average Bonchev–Trinajstić information content (AvgIpc) is 3.51. The lowest BCUT2D eigenvalue weighted by Gasteiger charge is -2.47. The minimum atomic E-state index is -0.244. The molecule has 0 N–H and O–H groups in total. The first-order chi connectivity index (χ1) is 25.1. The van der Waals surface area contributed by atoms with Crippen molar-refractivity contribution in [3.63, 3.8) is 0 Å². The summed E-state index contributed by atoms with van der Waals surface area (Å²) in [7, 11) is 0. The maximum atomic E-state index is 5.25. The summed E-state index contributed by atoms with van der Waals surface area (Å²) in [5.74, 6) is 2.16. The summed E-state index contributed by atoms with van der Waals surface area (Å²) >= 11 is 0. The van der Waals surface area contributed by atoms with Crippen LogP contribution < -0.4 is 9.80 Å². The van der Waals surface area contributed by atoms with E-state index in [1.807, 2.05) is 18.2 Å². The van der Waals surface area contributed by atoms with Crippen LogP contribution in [-0.4, -0.2) is 21.0 Å². The Bertz CT molecular complexity index is 2480. The second-order valence-electron chi connectivity index (χ2n) is 14.3. The predicted molar refractivity (Wildman–Crippen MR) is 208 cm³/mol. The van der Waals surface area contributed by atoms with Crippen molar-refractivity contribution in [2.24, 2.45) is 0 Å². The SMILES string of the molecule is CC1(C)C2=CC3C(C=C2N(c2cccc4ccccc24)c2ccccc21)c1ccccc1N3c1nc(C2=CCCC=C2)nc(-c2ccccc2)n1. The molecule has 0 saturated carbocycles. The van der Waals surface area contributed by atoms with Gasteiger partial charge in [0.05, 0.1) is 17.4 Å². The van der Waals surface area contributed by atoms with E-state index in [9.17, 15) is 0 Å². The molecule has 10 rings (SSSR count). The third-order valence-electron chi connectivity index (χ3n) is 11.0. The van der Waals surface area contributed by atoms with Crippen molar-refractivity contribution in [1.29, 1.82) is 0 Å². The summed E-state index contributed by atoms with van der Waals surface area (Å²) in [5, 5.41) is 2.47. The molecule has 5 heteroatoms. The number of allylic oxidation sites excluding steroid dienone is 5. The molecule has 4 aliphatic rings. The average molecular weight is 660 g/mol. The highest BCUT2D eigenvalue weighted by atomic mass is 15.3. The molecule has 51 heavy (non-hydrogen) atoms. The molecular weight excluding hydrogens is 623 g/mol. The van der Waals surface area contributed by atoms with Gasteiger partial charge in [-0.3, -0.25) is 0 Å². The Morgan fingerprint density at radius 3 is 2.24 bits per heavy atom. The van der Waals surface area contributed by atoms with Gasteiger partial charge < -0.3 is 9.80 Å². The summed E-state index contributed by atoms with van der Waals surface area (Å²) in [6.45, 7) is 4.74. The van der Waals surface area contributed by atoms with Gasteiger partial charge in [0.1, 0.15) is 0 Å². The van der Waals surface area contributed by atoms with Crippen molar-refractivity contribution in [3.8, 4) is 11.4 Å². The molecule has 3 heterocycles. The van der Waals surface area contributed by atoms with Crippen molar-refractivity contribution in [2.45, 2.75) is 44.1 Å². The van der Waals surface area contributed by atoms with Gasteiger partial charge in [-0.2, -0.15) is 9.97 Å². The highest BCUT2D eigenvalue weighted by molar-refractivity contribution is 5.99. The van der Waals surface area contributed by atoms with E-state index in [-0.39, 0.29) is 17.4 Å². The lowest BCUT2D eigenvalue weighted by atomic mass is 9.68. The van der Waals surface area contributed by atoms with E-state index in [1.54, 1.807) is 0 Å². The van der Waals surface area contributed by atoms with Gasteiger partial charge in [0.15, 0.2) is 11.6 Å². The number of para-hydroxylation sites is 2. The number of aromatic nitrogens is 3. The van der Waals surface area contributed by atoms with Gasteiger partial charge >= 0.3 is 0 Å². The van der Waals surface area contributed by atoms with E-state index in [4.69, 9.17) is 15.0 Å². The number of fused-ring (bicyclic) bond motifs is 6. The number of nitrogens with zero attached hydrogens (tertiary/aromatic N) is 5. The monoisotopic (exact) mass is 659 g/mol. The maximum absolute atomic E-state index is 5.25. The van der Waals surface area contributed by atoms with Crippen LogP contribution in [0.5, 0.6) is 0 Å². The number of rotatable bonds is 4. The minimum absolute atomic E-state index is 0.0187. The Kier molecular flexibility index (Phi) is 6.72. The molecule has 2 aliphatic carbocycles. The van der Waals surface area contributed by atoms with Crippen LogP contribution >= 0.6 is 0 Å². The topological polar surface area (TPSA) is 45.2 Å². The first-order valence-electron chi connectivity index (χ1n) is 17.9. The molecule has 2 unspecified atom stereocenters. The molecule has 0 bridgehead atoms. The standard InChI is InChI=1S/C46H37N5/c1-46(2)36-24-12-14-26-40(36)50(38-27-15-21-30-16-9-10-22-33(30)38)42-28-35-34-23-11-13-25-39(34)51(41(35)29-37(42)46)45-48-43(31-17-5-3-6-18-31)47-44(49-45)32-19-7-4-8-20-32/h3,5-7,9-29,35,41H,4,8H2,1-2H3. The van der Waals surface area contributed by atoms with Crippen molar-refractivity contribution < 1.29 is 0 Å². The van der Waals surface area contributed by atoms with Gasteiger partial charge in [-0.1, -0.05) is 147 Å². The summed E-state index contributed by atoms with van der Waals surface area (Å²) in [6.07, 6.45) is 13.7. The molecular formula is C46H37N5. The van der Waals surface area contributed by atoms with Gasteiger partial charge in [-0.25, -0.2) is 4.98 Å².